The number of hydrogen-bond acceptors (Lipinski definition) is 5. The lowest BCUT2D eigenvalue weighted by Gasteiger charge is -2.46. The molecule has 2 aromatic carbocycles. The van der Waals surface area contributed by atoms with Crippen LogP contribution in [0.25, 0.3) is 0 Å². The molecule has 6 nitrogen and oxygen atoms in total. The summed E-state index contributed by atoms with van der Waals surface area (Å²) in [6.07, 6.45) is -3.37. The first-order valence-electron chi connectivity index (χ1n) is 11.0. The number of aromatic nitrogens is 1. The van der Waals surface area contributed by atoms with Crippen LogP contribution in [-0.2, 0) is 0 Å². The number of halogens is 3. The van der Waals surface area contributed by atoms with Gasteiger partial charge in [0.1, 0.15) is 12.7 Å². The molecule has 1 N–H and O–H groups in total. The summed E-state index contributed by atoms with van der Waals surface area (Å²) in [5, 5.41) is 12.2. The Kier molecular flexibility index (Phi) is 5.58. The third-order valence-electron chi connectivity index (χ3n) is 6.58. The maximum absolute atomic E-state index is 13.8. The first-order valence-corrected chi connectivity index (χ1v) is 11.9. The normalized spacial score (nSPS) is 20.5. The number of rotatable bonds is 2. The summed E-state index contributed by atoms with van der Waals surface area (Å²) in [7, 11) is 0. The number of carbonyl (C=O) groups excluding carboxylic acids is 1. The molecule has 10 heteroatoms. The van der Waals surface area contributed by atoms with Crippen LogP contribution < -0.4 is 10.4 Å². The molecule has 2 aliphatic rings. The zero-order valence-corrected chi connectivity index (χ0v) is 19.7. The number of pyridine rings is 1. The summed E-state index contributed by atoms with van der Waals surface area (Å²) in [6, 6.07) is 13.7. The molecule has 35 heavy (non-hydrogen) atoms. The van der Waals surface area contributed by atoms with Gasteiger partial charge >= 0.3 is 6.18 Å². The third-order valence-corrected chi connectivity index (χ3v) is 7.81. The van der Waals surface area contributed by atoms with Gasteiger partial charge in [0.25, 0.3) is 5.91 Å². The van der Waals surface area contributed by atoms with Gasteiger partial charge in [0, 0.05) is 22.4 Å². The van der Waals surface area contributed by atoms with Crippen LogP contribution in [0.1, 0.15) is 52.3 Å². The molecule has 2 aliphatic heterocycles. The van der Waals surface area contributed by atoms with E-state index in [1.807, 2.05) is 48.5 Å². The highest BCUT2D eigenvalue weighted by Gasteiger charge is 2.47. The number of amides is 1. The Labute approximate surface area is 203 Å². The molecule has 3 aromatic rings. The number of hydrogen-bond donors (Lipinski definition) is 1. The molecule has 5 rings (SSSR count). The monoisotopic (exact) mass is 501 g/mol. The molecule has 0 saturated carbocycles. The molecular weight excluding hydrogens is 479 g/mol. The Hall–Kier alpha value is -3.40. The van der Waals surface area contributed by atoms with Gasteiger partial charge in [-0.2, -0.15) is 13.2 Å². The van der Waals surface area contributed by atoms with E-state index in [0.29, 0.717) is 4.90 Å². The molecular formula is C25H22F3N3O3S. The lowest BCUT2D eigenvalue weighted by Crippen LogP contribution is -2.60. The standard InChI is InChI=1S/C25H22F3N3O3S/c1-14-16-7-3-4-8-17(16)21(18-9-5-6-10-20(18)35-14)31-13-29(15(2)25(26,27)28)24(34)22-23(33)19(32)11-12-30(22)31/h3-12,14-15,21,33H,13H2,1-2H3/t14-,15+,21+/m0/s1. The van der Waals surface area contributed by atoms with Crippen LogP contribution in [0.5, 0.6) is 5.75 Å². The van der Waals surface area contributed by atoms with Crippen molar-refractivity contribution in [3.05, 3.63) is 93.4 Å². The van der Waals surface area contributed by atoms with Crippen molar-refractivity contribution in [3.8, 4) is 5.75 Å². The minimum atomic E-state index is -4.70. The van der Waals surface area contributed by atoms with E-state index in [4.69, 9.17) is 0 Å². The van der Waals surface area contributed by atoms with E-state index in [0.717, 1.165) is 34.6 Å². The molecule has 0 aliphatic carbocycles. The van der Waals surface area contributed by atoms with Gasteiger partial charge in [0.15, 0.2) is 11.4 Å². The highest BCUT2D eigenvalue weighted by atomic mass is 32.2. The van der Waals surface area contributed by atoms with Gasteiger partial charge in [-0.05, 0) is 36.6 Å². The van der Waals surface area contributed by atoms with Crippen LogP contribution >= 0.6 is 11.8 Å². The quantitative estimate of drug-likeness (QED) is 0.546. The van der Waals surface area contributed by atoms with Gasteiger partial charge < -0.3 is 10.0 Å². The Balaban J connectivity index is 1.79. The van der Waals surface area contributed by atoms with Crippen molar-refractivity contribution in [2.24, 2.45) is 0 Å². The number of nitrogens with zero attached hydrogens (tertiary/aromatic N) is 3. The fraction of sp³-hybridized carbons (Fsp3) is 0.280. The second-order valence-electron chi connectivity index (χ2n) is 8.62. The largest absolute Gasteiger partial charge is 0.502 e. The van der Waals surface area contributed by atoms with Crippen molar-refractivity contribution >= 4 is 17.7 Å². The van der Waals surface area contributed by atoms with E-state index < -0.39 is 47.7 Å². The summed E-state index contributed by atoms with van der Waals surface area (Å²) in [4.78, 5) is 27.0. The number of carbonyl (C=O) groups is 1. The average molecular weight is 502 g/mol. The van der Waals surface area contributed by atoms with E-state index in [9.17, 15) is 27.9 Å². The SMILES string of the molecule is C[C@@H]1Sc2ccccc2[C@H](N2CN([C@H](C)C(F)(F)F)C(=O)c3c(O)c(=O)ccn32)c2ccccc21. The van der Waals surface area contributed by atoms with Crippen molar-refractivity contribution < 1.29 is 23.1 Å². The lowest BCUT2D eigenvalue weighted by molar-refractivity contribution is -0.173. The van der Waals surface area contributed by atoms with Gasteiger partial charge in [-0.15, -0.1) is 11.8 Å². The minimum Gasteiger partial charge on any atom is -0.502 e. The van der Waals surface area contributed by atoms with Crippen molar-refractivity contribution in [2.45, 2.75) is 42.3 Å². The maximum atomic E-state index is 13.8. The van der Waals surface area contributed by atoms with E-state index >= 15 is 0 Å². The highest BCUT2D eigenvalue weighted by Crippen LogP contribution is 2.48. The molecule has 0 unspecified atom stereocenters. The summed E-state index contributed by atoms with van der Waals surface area (Å²) in [5.41, 5.74) is 1.41. The molecule has 1 aromatic heterocycles. The van der Waals surface area contributed by atoms with Gasteiger partial charge in [0.05, 0.1) is 6.04 Å². The first-order chi connectivity index (χ1) is 16.6. The fourth-order valence-corrected chi connectivity index (χ4v) is 5.92. The summed E-state index contributed by atoms with van der Waals surface area (Å²) in [6.45, 7) is 2.56. The van der Waals surface area contributed by atoms with Gasteiger partial charge in [-0.25, -0.2) is 0 Å². The van der Waals surface area contributed by atoms with E-state index in [1.165, 1.54) is 10.9 Å². The number of alkyl halides is 3. The topological polar surface area (TPSA) is 65.8 Å². The highest BCUT2D eigenvalue weighted by molar-refractivity contribution is 7.99. The fourth-order valence-electron chi connectivity index (χ4n) is 4.72. The number of aromatic hydroxyl groups is 1. The van der Waals surface area contributed by atoms with Crippen LogP contribution in [0, 0.1) is 0 Å². The van der Waals surface area contributed by atoms with E-state index in [1.54, 1.807) is 16.8 Å². The molecule has 3 atom stereocenters. The van der Waals surface area contributed by atoms with Gasteiger partial charge in [0.2, 0.25) is 5.43 Å². The molecule has 0 fully saturated rings. The van der Waals surface area contributed by atoms with Crippen LogP contribution in [0.2, 0.25) is 0 Å². The predicted molar refractivity (Wildman–Crippen MR) is 126 cm³/mol. The Morgan fingerprint density at radius 1 is 1.00 bits per heavy atom. The maximum Gasteiger partial charge on any atom is 0.408 e. The number of benzene rings is 2. The average Bonchev–Trinajstić information content (AvgIpc) is 2.94. The number of fused-ring (bicyclic) bond motifs is 3. The molecule has 3 heterocycles. The number of thioether (sulfide) groups is 1. The molecule has 1 amide bonds. The Bertz CT molecular complexity index is 1370. The Morgan fingerprint density at radius 3 is 2.31 bits per heavy atom. The van der Waals surface area contributed by atoms with Crippen LogP contribution in [0.15, 0.2) is 70.5 Å². The van der Waals surface area contributed by atoms with Crippen LogP contribution in [0.3, 0.4) is 0 Å². The zero-order valence-electron chi connectivity index (χ0n) is 18.9. The smallest absolute Gasteiger partial charge is 0.408 e. The van der Waals surface area contributed by atoms with Gasteiger partial charge in [-0.1, -0.05) is 42.5 Å². The minimum absolute atomic E-state index is 0.0656. The second kappa shape index (κ2) is 8.37. The second-order valence-corrected chi connectivity index (χ2v) is 10.0. The summed E-state index contributed by atoms with van der Waals surface area (Å²) < 4.78 is 42.7. The molecule has 0 bridgehead atoms. The van der Waals surface area contributed by atoms with Crippen LogP contribution in [-0.4, -0.2) is 39.5 Å². The van der Waals surface area contributed by atoms with Crippen molar-refractivity contribution in [1.29, 1.82) is 0 Å². The van der Waals surface area contributed by atoms with Gasteiger partial charge in [-0.3, -0.25) is 19.3 Å². The molecule has 0 spiro atoms. The molecule has 0 saturated heterocycles. The summed E-state index contributed by atoms with van der Waals surface area (Å²) >= 11 is 1.65. The molecule has 0 radical (unpaired) electrons. The van der Waals surface area contributed by atoms with Crippen molar-refractivity contribution in [2.75, 3.05) is 11.7 Å². The summed E-state index contributed by atoms with van der Waals surface area (Å²) in [5.74, 6) is -1.93. The third kappa shape index (κ3) is 3.76. The van der Waals surface area contributed by atoms with Crippen molar-refractivity contribution in [1.82, 2.24) is 9.58 Å². The lowest BCUT2D eigenvalue weighted by atomic mass is 9.92. The van der Waals surface area contributed by atoms with E-state index in [-0.39, 0.29) is 5.25 Å². The van der Waals surface area contributed by atoms with Crippen molar-refractivity contribution in [3.63, 3.8) is 0 Å². The first kappa shape index (κ1) is 23.3. The van der Waals surface area contributed by atoms with Crippen LogP contribution in [0.4, 0.5) is 13.2 Å². The molecule has 182 valence electrons. The Morgan fingerprint density at radius 2 is 1.63 bits per heavy atom. The zero-order chi connectivity index (χ0) is 25.1. The van der Waals surface area contributed by atoms with E-state index in [2.05, 4.69) is 6.92 Å². The predicted octanol–water partition coefficient (Wildman–Crippen LogP) is 4.81.